The topological polar surface area (TPSA) is 49.3 Å². The number of hydrogen-bond acceptors (Lipinski definition) is 4. The molecule has 1 saturated carbocycles. The Hall–Kier alpha value is -2.31. The molecule has 0 atom stereocenters. The van der Waals surface area contributed by atoms with Gasteiger partial charge in [0.05, 0.1) is 10.9 Å². The summed E-state index contributed by atoms with van der Waals surface area (Å²) < 4.78 is 26.3. The zero-order chi connectivity index (χ0) is 18.2. The molecule has 3 fully saturated rings. The third-order valence-corrected chi connectivity index (χ3v) is 5.97. The van der Waals surface area contributed by atoms with Crippen molar-refractivity contribution in [3.63, 3.8) is 0 Å². The minimum Gasteiger partial charge on any atom is -0.341 e. The van der Waals surface area contributed by atoms with E-state index < -0.39 is 11.3 Å². The van der Waals surface area contributed by atoms with Crippen LogP contribution in [0.1, 0.15) is 19.8 Å². The van der Waals surface area contributed by atoms with Crippen molar-refractivity contribution in [2.45, 2.75) is 25.7 Å². The highest BCUT2D eigenvalue weighted by Crippen LogP contribution is 2.54. The normalized spacial score (nSPS) is 24.7. The number of halogens is 2. The molecule has 5 rings (SSSR count). The summed E-state index contributed by atoms with van der Waals surface area (Å²) in [5.41, 5.74) is 0.117. The second-order valence-electron chi connectivity index (χ2n) is 8.52. The number of amides is 1. The van der Waals surface area contributed by atoms with Crippen LogP contribution in [0.25, 0.3) is 10.9 Å². The van der Waals surface area contributed by atoms with Gasteiger partial charge >= 0.3 is 0 Å². The van der Waals surface area contributed by atoms with E-state index in [9.17, 15) is 13.6 Å². The van der Waals surface area contributed by atoms with Crippen LogP contribution in [0.15, 0.2) is 30.5 Å². The SMILES string of the molecule is CC1(C(=O)N2CC3(C2)CN(c2ncc4ccccc4n2)C3)CC(F)(F)C1. The summed E-state index contributed by atoms with van der Waals surface area (Å²) in [4.78, 5) is 25.4. The second kappa shape index (κ2) is 4.90. The van der Waals surface area contributed by atoms with Gasteiger partial charge in [-0.05, 0) is 6.07 Å². The molecular formula is C19H20F2N4O. The number of alkyl halides is 2. The Labute approximate surface area is 150 Å². The van der Waals surface area contributed by atoms with Gasteiger partial charge in [-0.25, -0.2) is 18.7 Å². The molecular weight excluding hydrogens is 338 g/mol. The lowest BCUT2D eigenvalue weighted by Crippen LogP contribution is -2.75. The van der Waals surface area contributed by atoms with Gasteiger partial charge in [-0.2, -0.15) is 0 Å². The van der Waals surface area contributed by atoms with Crippen molar-refractivity contribution in [3.8, 4) is 0 Å². The molecule has 26 heavy (non-hydrogen) atoms. The molecule has 5 nitrogen and oxygen atoms in total. The molecule has 1 spiro atoms. The summed E-state index contributed by atoms with van der Waals surface area (Å²) in [5.74, 6) is -2.08. The van der Waals surface area contributed by atoms with Gasteiger partial charge in [0.25, 0.3) is 0 Å². The van der Waals surface area contributed by atoms with Crippen LogP contribution in [-0.2, 0) is 4.79 Å². The monoisotopic (exact) mass is 358 g/mol. The number of rotatable bonds is 2. The first-order chi connectivity index (χ1) is 12.3. The number of likely N-dealkylation sites (tertiary alicyclic amines) is 1. The fourth-order valence-corrected chi connectivity index (χ4v) is 4.75. The standard InChI is InChI=1S/C19H20F2N4O/c1-17(7-19(20,21)8-17)15(26)24-9-18(10-24)11-25(12-18)16-22-6-13-4-2-3-5-14(13)23-16/h2-6H,7-12H2,1H3. The van der Waals surface area contributed by atoms with E-state index in [-0.39, 0.29) is 24.2 Å². The van der Waals surface area contributed by atoms with Crippen molar-refractivity contribution in [2.75, 3.05) is 31.1 Å². The maximum Gasteiger partial charge on any atom is 0.250 e. The highest BCUT2D eigenvalue weighted by Gasteiger charge is 2.62. The van der Waals surface area contributed by atoms with E-state index in [0.29, 0.717) is 19.0 Å². The highest BCUT2D eigenvalue weighted by atomic mass is 19.3. The minimum absolute atomic E-state index is 0.0767. The van der Waals surface area contributed by atoms with E-state index in [1.165, 1.54) is 0 Å². The number of benzene rings is 1. The number of aromatic nitrogens is 2. The molecule has 0 unspecified atom stereocenters. The fraction of sp³-hybridized carbons (Fsp3) is 0.526. The fourth-order valence-electron chi connectivity index (χ4n) is 4.75. The summed E-state index contributed by atoms with van der Waals surface area (Å²) >= 11 is 0. The van der Waals surface area contributed by atoms with Crippen molar-refractivity contribution in [1.82, 2.24) is 14.9 Å². The molecule has 2 aromatic rings. The van der Waals surface area contributed by atoms with Crippen molar-refractivity contribution in [2.24, 2.45) is 10.8 Å². The number of carbonyl (C=O) groups is 1. The van der Waals surface area contributed by atoms with E-state index in [0.717, 1.165) is 24.0 Å². The lowest BCUT2D eigenvalue weighted by molar-refractivity contribution is -0.193. The molecule has 2 saturated heterocycles. The number of nitrogens with zero attached hydrogens (tertiary/aromatic N) is 4. The molecule has 3 aliphatic rings. The van der Waals surface area contributed by atoms with Crippen LogP contribution in [0.2, 0.25) is 0 Å². The molecule has 0 radical (unpaired) electrons. The van der Waals surface area contributed by atoms with Crippen molar-refractivity contribution < 1.29 is 13.6 Å². The number of fused-ring (bicyclic) bond motifs is 1. The molecule has 1 aliphatic carbocycles. The zero-order valence-corrected chi connectivity index (χ0v) is 14.6. The number of para-hydroxylation sites is 1. The molecule has 7 heteroatoms. The predicted octanol–water partition coefficient (Wildman–Crippen LogP) is 2.71. The van der Waals surface area contributed by atoms with E-state index in [4.69, 9.17) is 0 Å². The minimum atomic E-state index is -2.67. The van der Waals surface area contributed by atoms with Crippen LogP contribution in [0.3, 0.4) is 0 Å². The van der Waals surface area contributed by atoms with Crippen LogP contribution < -0.4 is 4.90 Å². The molecule has 1 amide bonds. The van der Waals surface area contributed by atoms with Crippen LogP contribution in [0, 0.1) is 10.8 Å². The van der Waals surface area contributed by atoms with Crippen LogP contribution in [-0.4, -0.2) is 52.9 Å². The van der Waals surface area contributed by atoms with E-state index >= 15 is 0 Å². The van der Waals surface area contributed by atoms with Crippen LogP contribution >= 0.6 is 0 Å². The van der Waals surface area contributed by atoms with Crippen molar-refractivity contribution in [1.29, 1.82) is 0 Å². The lowest BCUT2D eigenvalue weighted by Gasteiger charge is -2.61. The average molecular weight is 358 g/mol. The number of hydrogen-bond donors (Lipinski definition) is 0. The van der Waals surface area contributed by atoms with Gasteiger partial charge in [0.2, 0.25) is 17.8 Å². The van der Waals surface area contributed by atoms with Gasteiger partial charge < -0.3 is 9.80 Å². The van der Waals surface area contributed by atoms with Gasteiger partial charge in [-0.15, -0.1) is 0 Å². The predicted molar refractivity (Wildman–Crippen MR) is 93.1 cm³/mol. The quantitative estimate of drug-likeness (QED) is 0.828. The Kier molecular flexibility index (Phi) is 3.00. The Morgan fingerprint density at radius 2 is 1.81 bits per heavy atom. The summed E-state index contributed by atoms with van der Waals surface area (Å²) in [5, 5.41) is 1.01. The van der Waals surface area contributed by atoms with Gasteiger partial charge in [0.15, 0.2) is 0 Å². The summed E-state index contributed by atoms with van der Waals surface area (Å²) in [7, 11) is 0. The van der Waals surface area contributed by atoms with Gasteiger partial charge in [0.1, 0.15) is 0 Å². The largest absolute Gasteiger partial charge is 0.341 e. The van der Waals surface area contributed by atoms with Gasteiger partial charge in [0, 0.05) is 56.0 Å². The average Bonchev–Trinajstić information content (AvgIpc) is 2.50. The summed E-state index contributed by atoms with van der Waals surface area (Å²) in [6.07, 6.45) is 1.19. The summed E-state index contributed by atoms with van der Waals surface area (Å²) in [6.45, 7) is 4.58. The molecule has 136 valence electrons. The third kappa shape index (κ3) is 2.29. The molecule has 3 heterocycles. The Balaban J connectivity index is 1.21. The molecule has 1 aromatic carbocycles. The van der Waals surface area contributed by atoms with Crippen molar-refractivity contribution >= 4 is 22.8 Å². The smallest absolute Gasteiger partial charge is 0.250 e. The van der Waals surface area contributed by atoms with Crippen molar-refractivity contribution in [3.05, 3.63) is 30.5 Å². The second-order valence-corrected chi connectivity index (χ2v) is 8.52. The van der Waals surface area contributed by atoms with Gasteiger partial charge in [-0.1, -0.05) is 25.1 Å². The maximum atomic E-state index is 13.2. The Morgan fingerprint density at radius 3 is 2.50 bits per heavy atom. The van der Waals surface area contributed by atoms with Crippen LogP contribution in [0.4, 0.5) is 14.7 Å². The van der Waals surface area contributed by atoms with E-state index in [1.807, 2.05) is 30.5 Å². The first-order valence-electron chi connectivity index (χ1n) is 8.92. The van der Waals surface area contributed by atoms with E-state index in [1.54, 1.807) is 11.8 Å². The molecule has 1 aromatic heterocycles. The Morgan fingerprint density at radius 1 is 1.12 bits per heavy atom. The first kappa shape index (κ1) is 15.9. The summed E-state index contributed by atoms with van der Waals surface area (Å²) in [6, 6.07) is 7.87. The molecule has 2 aliphatic heterocycles. The zero-order valence-electron chi connectivity index (χ0n) is 14.6. The van der Waals surface area contributed by atoms with Crippen LogP contribution in [0.5, 0.6) is 0 Å². The maximum absolute atomic E-state index is 13.2. The molecule has 0 bridgehead atoms. The van der Waals surface area contributed by atoms with E-state index in [2.05, 4.69) is 14.9 Å². The van der Waals surface area contributed by atoms with Gasteiger partial charge in [-0.3, -0.25) is 4.79 Å². The lowest BCUT2D eigenvalue weighted by atomic mass is 9.64. The number of anilines is 1. The first-order valence-corrected chi connectivity index (χ1v) is 8.92. The highest BCUT2D eigenvalue weighted by molar-refractivity contribution is 5.85. The third-order valence-electron chi connectivity index (χ3n) is 5.97. The molecule has 0 N–H and O–H groups in total. The Bertz CT molecular complexity index is 893. The number of carbonyl (C=O) groups excluding carboxylic acids is 1.